The van der Waals surface area contributed by atoms with Crippen molar-refractivity contribution >= 4 is 17.4 Å². The van der Waals surface area contributed by atoms with E-state index in [2.05, 4.69) is 15.2 Å². The van der Waals surface area contributed by atoms with E-state index in [0.29, 0.717) is 52.4 Å². The second kappa shape index (κ2) is 8.52. The topological polar surface area (TPSA) is 107 Å². The summed E-state index contributed by atoms with van der Waals surface area (Å²) in [6, 6.07) is 6.73. The molecule has 0 saturated carbocycles. The van der Waals surface area contributed by atoms with Gasteiger partial charge >= 0.3 is 0 Å². The molecular formula is C25H20F2N8O. The minimum Gasteiger partial charge on any atom is -0.366 e. The second-order valence-electron chi connectivity index (χ2n) is 8.56. The lowest BCUT2D eigenvalue weighted by Crippen LogP contribution is -2.24. The highest BCUT2D eigenvalue weighted by atomic mass is 19.1. The van der Waals surface area contributed by atoms with Crippen LogP contribution in [0.4, 0.5) is 14.6 Å². The normalized spacial score (nSPS) is 15.6. The Morgan fingerprint density at radius 3 is 2.83 bits per heavy atom. The standard InChI is InChI=1S/C25H20F2N8O/c26-16-3-4-20(27)18(10-16)21-2-1-8-33(21)23-6-9-34-25(32-23)22(13-31-34)35-14-15(11-30-35)17-5-7-29-12-19(17)24(28)36/h3-7,9-14,21H,1-2,8H2,(H2,28,36)/t21-/m1/s1. The van der Waals surface area contributed by atoms with Gasteiger partial charge in [0.25, 0.3) is 5.91 Å². The minimum absolute atomic E-state index is 0.294. The Morgan fingerprint density at radius 2 is 1.97 bits per heavy atom. The summed E-state index contributed by atoms with van der Waals surface area (Å²) in [6.45, 7) is 0.664. The maximum absolute atomic E-state index is 14.5. The third-order valence-electron chi connectivity index (χ3n) is 6.43. The van der Waals surface area contributed by atoms with Crippen molar-refractivity contribution in [3.63, 3.8) is 0 Å². The van der Waals surface area contributed by atoms with Gasteiger partial charge in [0.15, 0.2) is 5.65 Å². The summed E-state index contributed by atoms with van der Waals surface area (Å²) in [7, 11) is 0. The Bertz CT molecular complexity index is 1610. The number of pyridine rings is 1. The first-order valence-corrected chi connectivity index (χ1v) is 11.3. The maximum atomic E-state index is 14.5. The lowest BCUT2D eigenvalue weighted by molar-refractivity contribution is 0.100. The van der Waals surface area contributed by atoms with Gasteiger partial charge in [-0.1, -0.05) is 0 Å². The molecule has 1 saturated heterocycles. The van der Waals surface area contributed by atoms with Crippen LogP contribution in [0.5, 0.6) is 0 Å². The van der Waals surface area contributed by atoms with Crippen molar-refractivity contribution < 1.29 is 13.6 Å². The van der Waals surface area contributed by atoms with Gasteiger partial charge in [-0.2, -0.15) is 10.2 Å². The van der Waals surface area contributed by atoms with E-state index >= 15 is 0 Å². The van der Waals surface area contributed by atoms with Crippen molar-refractivity contribution in [2.75, 3.05) is 11.4 Å². The zero-order chi connectivity index (χ0) is 24.8. The van der Waals surface area contributed by atoms with Gasteiger partial charge in [0.2, 0.25) is 0 Å². The fourth-order valence-corrected chi connectivity index (χ4v) is 4.74. The molecule has 1 amide bonds. The van der Waals surface area contributed by atoms with E-state index in [1.165, 1.54) is 12.3 Å². The Morgan fingerprint density at radius 1 is 1.08 bits per heavy atom. The predicted molar refractivity (Wildman–Crippen MR) is 128 cm³/mol. The zero-order valence-corrected chi connectivity index (χ0v) is 18.9. The number of rotatable bonds is 5. The van der Waals surface area contributed by atoms with E-state index < -0.39 is 17.5 Å². The molecule has 4 aromatic heterocycles. The van der Waals surface area contributed by atoms with Crippen molar-refractivity contribution in [1.82, 2.24) is 29.4 Å². The van der Waals surface area contributed by atoms with Crippen LogP contribution < -0.4 is 10.6 Å². The molecule has 36 heavy (non-hydrogen) atoms. The van der Waals surface area contributed by atoms with Gasteiger partial charge in [-0.15, -0.1) is 0 Å². The largest absolute Gasteiger partial charge is 0.366 e. The number of hydrogen-bond acceptors (Lipinski definition) is 6. The van der Waals surface area contributed by atoms with Gasteiger partial charge in [-0.25, -0.2) is 23.0 Å². The smallest absolute Gasteiger partial charge is 0.250 e. The first kappa shape index (κ1) is 21.8. The Labute approximate surface area is 203 Å². The van der Waals surface area contributed by atoms with Crippen LogP contribution in [-0.2, 0) is 0 Å². The maximum Gasteiger partial charge on any atom is 0.250 e. The number of nitrogens with zero attached hydrogens (tertiary/aromatic N) is 7. The molecule has 2 N–H and O–H groups in total. The predicted octanol–water partition coefficient (Wildman–Crippen LogP) is 3.70. The number of amides is 1. The van der Waals surface area contributed by atoms with Crippen molar-refractivity contribution in [2.24, 2.45) is 5.73 Å². The molecule has 5 aromatic rings. The van der Waals surface area contributed by atoms with Crippen LogP contribution in [0.15, 0.2) is 67.5 Å². The SMILES string of the molecule is NC(=O)c1cnccc1-c1cnn(-c2cnn3ccc(N4CCC[C@@H]4c4cc(F)ccc4F)nc23)c1. The molecule has 0 unspecified atom stereocenters. The fourth-order valence-electron chi connectivity index (χ4n) is 4.74. The summed E-state index contributed by atoms with van der Waals surface area (Å²) in [5.74, 6) is -0.853. The van der Waals surface area contributed by atoms with Crippen LogP contribution in [0.25, 0.3) is 22.5 Å². The summed E-state index contributed by atoms with van der Waals surface area (Å²) >= 11 is 0. The van der Waals surface area contributed by atoms with Crippen molar-refractivity contribution in [3.05, 3.63) is 90.3 Å². The van der Waals surface area contributed by atoms with Crippen LogP contribution in [0.2, 0.25) is 0 Å². The van der Waals surface area contributed by atoms with Crippen LogP contribution in [0.3, 0.4) is 0 Å². The summed E-state index contributed by atoms with van der Waals surface area (Å²) in [6.07, 6.45) is 11.3. The Kier molecular flexibility index (Phi) is 5.17. The average molecular weight is 486 g/mol. The molecule has 0 spiro atoms. The Hall–Kier alpha value is -4.67. The quantitative estimate of drug-likeness (QED) is 0.406. The molecule has 0 aliphatic carbocycles. The van der Waals surface area contributed by atoms with Crippen molar-refractivity contribution in [3.8, 4) is 16.8 Å². The molecule has 1 aliphatic rings. The number of carbonyl (C=O) groups excluding carboxylic acids is 1. The van der Waals surface area contributed by atoms with Gasteiger partial charge in [-0.05, 0) is 43.2 Å². The molecular weight excluding hydrogens is 466 g/mol. The number of anilines is 1. The van der Waals surface area contributed by atoms with E-state index in [9.17, 15) is 13.6 Å². The van der Waals surface area contributed by atoms with Gasteiger partial charge in [0.05, 0.1) is 24.0 Å². The zero-order valence-electron chi connectivity index (χ0n) is 18.9. The number of aromatic nitrogens is 6. The molecule has 180 valence electrons. The van der Waals surface area contributed by atoms with Crippen LogP contribution >= 0.6 is 0 Å². The van der Waals surface area contributed by atoms with Gasteiger partial charge in [0.1, 0.15) is 23.1 Å². The van der Waals surface area contributed by atoms with Crippen LogP contribution in [0, 0.1) is 11.6 Å². The number of halogens is 2. The average Bonchev–Trinajstić information content (AvgIpc) is 3.64. The molecule has 1 atom stereocenters. The number of hydrogen-bond donors (Lipinski definition) is 1. The lowest BCUT2D eigenvalue weighted by Gasteiger charge is -2.26. The number of carbonyl (C=O) groups is 1. The molecule has 1 aliphatic heterocycles. The van der Waals surface area contributed by atoms with E-state index in [0.717, 1.165) is 18.6 Å². The summed E-state index contributed by atoms with van der Waals surface area (Å²) < 4.78 is 31.7. The number of nitrogens with two attached hydrogens (primary N) is 1. The van der Waals surface area contributed by atoms with Gasteiger partial charge in [-0.3, -0.25) is 9.78 Å². The van der Waals surface area contributed by atoms with Crippen LogP contribution in [-0.4, -0.2) is 41.8 Å². The first-order chi connectivity index (χ1) is 17.5. The number of benzene rings is 1. The molecule has 1 fully saturated rings. The fraction of sp³-hybridized carbons (Fsp3) is 0.160. The third-order valence-corrected chi connectivity index (χ3v) is 6.43. The van der Waals surface area contributed by atoms with E-state index in [1.54, 1.807) is 46.2 Å². The highest BCUT2D eigenvalue weighted by Gasteiger charge is 2.30. The highest BCUT2D eigenvalue weighted by Crippen LogP contribution is 2.37. The van der Waals surface area contributed by atoms with Gasteiger partial charge < -0.3 is 10.6 Å². The van der Waals surface area contributed by atoms with E-state index in [4.69, 9.17) is 10.7 Å². The molecule has 0 bridgehead atoms. The second-order valence-corrected chi connectivity index (χ2v) is 8.56. The summed E-state index contributed by atoms with van der Waals surface area (Å²) in [4.78, 5) is 22.6. The monoisotopic (exact) mass is 486 g/mol. The van der Waals surface area contributed by atoms with Gasteiger partial charge in [0, 0.05) is 48.0 Å². The van der Waals surface area contributed by atoms with Crippen molar-refractivity contribution in [2.45, 2.75) is 18.9 Å². The van der Waals surface area contributed by atoms with E-state index in [-0.39, 0.29) is 6.04 Å². The highest BCUT2D eigenvalue weighted by molar-refractivity contribution is 5.99. The molecule has 0 radical (unpaired) electrons. The molecule has 1 aromatic carbocycles. The number of primary amides is 1. The number of fused-ring (bicyclic) bond motifs is 1. The third kappa shape index (κ3) is 3.65. The molecule has 9 nitrogen and oxygen atoms in total. The summed E-state index contributed by atoms with van der Waals surface area (Å²) in [5.41, 5.74) is 8.57. The minimum atomic E-state index is -0.581. The van der Waals surface area contributed by atoms with Crippen molar-refractivity contribution in [1.29, 1.82) is 0 Å². The van der Waals surface area contributed by atoms with E-state index in [1.807, 2.05) is 11.0 Å². The first-order valence-electron chi connectivity index (χ1n) is 11.3. The summed E-state index contributed by atoms with van der Waals surface area (Å²) in [5, 5.41) is 8.82. The van der Waals surface area contributed by atoms with Crippen LogP contribution in [0.1, 0.15) is 34.8 Å². The molecule has 6 rings (SSSR count). The molecule has 11 heteroatoms. The Balaban J connectivity index is 1.38. The lowest BCUT2D eigenvalue weighted by atomic mass is 10.0. The molecule has 5 heterocycles.